The molecule has 2 saturated heterocycles. The molecule has 0 saturated carbocycles. The Bertz CT molecular complexity index is 479. The van der Waals surface area contributed by atoms with Crippen LogP contribution in [0.4, 0.5) is 0 Å². The molecule has 21 heavy (non-hydrogen) atoms. The van der Waals surface area contributed by atoms with E-state index in [9.17, 15) is 4.79 Å². The monoisotopic (exact) mass is 286 g/mol. The lowest BCUT2D eigenvalue weighted by molar-refractivity contribution is -0.144. The van der Waals surface area contributed by atoms with E-state index >= 15 is 0 Å². The first kappa shape index (κ1) is 14.6. The van der Waals surface area contributed by atoms with E-state index in [4.69, 9.17) is 0 Å². The number of amides is 1. The van der Waals surface area contributed by atoms with Crippen molar-refractivity contribution in [2.24, 2.45) is 5.41 Å². The van der Waals surface area contributed by atoms with Gasteiger partial charge in [-0.1, -0.05) is 37.3 Å². The predicted molar refractivity (Wildman–Crippen MR) is 85.0 cm³/mol. The second kappa shape index (κ2) is 6.18. The van der Waals surface area contributed by atoms with Crippen molar-refractivity contribution in [3.05, 3.63) is 35.9 Å². The van der Waals surface area contributed by atoms with Crippen LogP contribution in [0.3, 0.4) is 0 Å². The summed E-state index contributed by atoms with van der Waals surface area (Å²) in [6.07, 6.45) is 5.31. The van der Waals surface area contributed by atoms with Crippen molar-refractivity contribution in [1.29, 1.82) is 0 Å². The van der Waals surface area contributed by atoms with Gasteiger partial charge in [0, 0.05) is 13.1 Å². The zero-order valence-corrected chi connectivity index (χ0v) is 13.0. The molecular weight excluding hydrogens is 260 g/mol. The summed E-state index contributed by atoms with van der Waals surface area (Å²) in [6, 6.07) is 10.8. The van der Waals surface area contributed by atoms with Gasteiger partial charge in [0.15, 0.2) is 0 Å². The first-order valence-corrected chi connectivity index (χ1v) is 8.33. The molecule has 1 aromatic rings. The molecule has 0 aromatic heterocycles. The minimum Gasteiger partial charge on any atom is -0.335 e. The van der Waals surface area contributed by atoms with Gasteiger partial charge >= 0.3 is 0 Å². The maximum atomic E-state index is 13.2. The zero-order chi connectivity index (χ0) is 14.7. The Kier molecular flexibility index (Phi) is 4.29. The molecule has 3 rings (SSSR count). The van der Waals surface area contributed by atoms with Gasteiger partial charge in [0.1, 0.15) is 0 Å². The van der Waals surface area contributed by atoms with Gasteiger partial charge in [-0.2, -0.15) is 0 Å². The Hall–Kier alpha value is -1.35. The highest BCUT2D eigenvalue weighted by molar-refractivity contribution is 5.84. The van der Waals surface area contributed by atoms with Crippen molar-refractivity contribution >= 4 is 5.91 Å². The van der Waals surface area contributed by atoms with Gasteiger partial charge in [-0.25, -0.2) is 0 Å². The highest BCUT2D eigenvalue weighted by atomic mass is 16.2. The smallest absolute Gasteiger partial charge is 0.230 e. The molecular formula is C18H26N2O. The third-order valence-electron chi connectivity index (χ3n) is 5.30. The molecule has 2 unspecified atom stereocenters. The number of benzene rings is 1. The molecule has 114 valence electrons. The van der Waals surface area contributed by atoms with E-state index in [1.165, 1.54) is 5.56 Å². The van der Waals surface area contributed by atoms with Gasteiger partial charge in [-0.3, -0.25) is 4.79 Å². The Balaban J connectivity index is 1.82. The SMILES string of the molecule is CCC1(C(=O)N2CCCC2c2ccccc2)CCCNC1. The topological polar surface area (TPSA) is 32.3 Å². The van der Waals surface area contributed by atoms with Crippen LogP contribution in [0.25, 0.3) is 0 Å². The second-order valence-corrected chi connectivity index (χ2v) is 6.48. The maximum Gasteiger partial charge on any atom is 0.230 e. The summed E-state index contributed by atoms with van der Waals surface area (Å²) in [5.41, 5.74) is 1.12. The number of nitrogens with zero attached hydrogens (tertiary/aromatic N) is 1. The summed E-state index contributed by atoms with van der Waals surface area (Å²) in [5, 5.41) is 3.44. The van der Waals surface area contributed by atoms with Crippen LogP contribution in [0, 0.1) is 5.41 Å². The molecule has 2 heterocycles. The average Bonchev–Trinajstić information content (AvgIpc) is 3.05. The lowest BCUT2D eigenvalue weighted by Crippen LogP contribution is -2.51. The summed E-state index contributed by atoms with van der Waals surface area (Å²) < 4.78 is 0. The van der Waals surface area contributed by atoms with E-state index in [0.29, 0.717) is 5.91 Å². The fraction of sp³-hybridized carbons (Fsp3) is 0.611. The normalized spacial score (nSPS) is 29.6. The number of hydrogen-bond acceptors (Lipinski definition) is 2. The highest BCUT2D eigenvalue weighted by Crippen LogP contribution is 2.39. The Morgan fingerprint density at radius 1 is 1.33 bits per heavy atom. The highest BCUT2D eigenvalue weighted by Gasteiger charge is 2.43. The number of carbonyl (C=O) groups is 1. The minimum atomic E-state index is -0.171. The maximum absolute atomic E-state index is 13.2. The molecule has 2 aliphatic heterocycles. The van der Waals surface area contributed by atoms with Crippen molar-refractivity contribution in [2.75, 3.05) is 19.6 Å². The lowest BCUT2D eigenvalue weighted by atomic mass is 9.77. The van der Waals surface area contributed by atoms with Gasteiger partial charge < -0.3 is 10.2 Å². The summed E-state index contributed by atoms with van der Waals surface area (Å²) in [7, 11) is 0. The van der Waals surface area contributed by atoms with E-state index in [0.717, 1.165) is 51.7 Å². The van der Waals surface area contributed by atoms with Gasteiger partial charge in [0.2, 0.25) is 5.91 Å². The predicted octanol–water partition coefficient (Wildman–Crippen LogP) is 3.13. The standard InChI is InChI=1S/C18H26N2O/c1-2-18(11-7-12-19-14-18)17(21)20-13-6-10-16(20)15-8-4-3-5-9-15/h3-5,8-9,16,19H,2,6-7,10-14H2,1H3. The number of piperidine rings is 1. The molecule has 0 bridgehead atoms. The van der Waals surface area contributed by atoms with E-state index < -0.39 is 0 Å². The molecule has 0 radical (unpaired) electrons. The van der Waals surface area contributed by atoms with E-state index in [2.05, 4.69) is 41.4 Å². The van der Waals surface area contributed by atoms with Crippen molar-refractivity contribution < 1.29 is 4.79 Å². The summed E-state index contributed by atoms with van der Waals surface area (Å²) >= 11 is 0. The number of nitrogens with one attached hydrogen (secondary N) is 1. The molecule has 3 nitrogen and oxygen atoms in total. The third-order valence-corrected chi connectivity index (χ3v) is 5.30. The van der Waals surface area contributed by atoms with Crippen LogP contribution in [0.1, 0.15) is 50.6 Å². The fourth-order valence-corrected chi connectivity index (χ4v) is 3.94. The lowest BCUT2D eigenvalue weighted by Gasteiger charge is -2.40. The summed E-state index contributed by atoms with van der Waals surface area (Å²) in [4.78, 5) is 15.4. The number of hydrogen-bond donors (Lipinski definition) is 1. The van der Waals surface area contributed by atoms with Gasteiger partial charge in [0.25, 0.3) is 0 Å². The van der Waals surface area contributed by atoms with E-state index in [1.807, 2.05) is 6.07 Å². The second-order valence-electron chi connectivity index (χ2n) is 6.48. The average molecular weight is 286 g/mol. The van der Waals surface area contributed by atoms with Crippen molar-refractivity contribution in [3.8, 4) is 0 Å². The van der Waals surface area contributed by atoms with Gasteiger partial charge in [-0.05, 0) is 44.2 Å². The van der Waals surface area contributed by atoms with Crippen LogP contribution < -0.4 is 5.32 Å². The third kappa shape index (κ3) is 2.71. The molecule has 0 spiro atoms. The molecule has 3 heteroatoms. The Morgan fingerprint density at radius 2 is 2.14 bits per heavy atom. The molecule has 0 aliphatic carbocycles. The quantitative estimate of drug-likeness (QED) is 0.926. The van der Waals surface area contributed by atoms with E-state index in [-0.39, 0.29) is 11.5 Å². The fourth-order valence-electron chi connectivity index (χ4n) is 3.94. The van der Waals surface area contributed by atoms with E-state index in [1.54, 1.807) is 0 Å². The van der Waals surface area contributed by atoms with Gasteiger partial charge in [-0.15, -0.1) is 0 Å². The zero-order valence-electron chi connectivity index (χ0n) is 13.0. The van der Waals surface area contributed by atoms with Crippen LogP contribution in [0.2, 0.25) is 0 Å². The summed E-state index contributed by atoms with van der Waals surface area (Å²) in [6.45, 7) is 4.98. The van der Waals surface area contributed by atoms with Crippen molar-refractivity contribution in [2.45, 2.75) is 45.1 Å². The molecule has 1 N–H and O–H groups in total. The molecule has 2 atom stereocenters. The number of likely N-dealkylation sites (tertiary alicyclic amines) is 1. The molecule has 2 aliphatic rings. The first-order chi connectivity index (χ1) is 10.3. The van der Waals surface area contributed by atoms with Crippen molar-refractivity contribution in [3.63, 3.8) is 0 Å². The molecule has 1 aromatic carbocycles. The summed E-state index contributed by atoms with van der Waals surface area (Å²) in [5.74, 6) is 0.378. The first-order valence-electron chi connectivity index (χ1n) is 8.33. The minimum absolute atomic E-state index is 0.171. The van der Waals surface area contributed by atoms with Crippen LogP contribution >= 0.6 is 0 Å². The van der Waals surface area contributed by atoms with Crippen LogP contribution in [-0.4, -0.2) is 30.4 Å². The molecule has 1 amide bonds. The van der Waals surface area contributed by atoms with Crippen LogP contribution in [0.15, 0.2) is 30.3 Å². The van der Waals surface area contributed by atoms with Crippen LogP contribution in [-0.2, 0) is 4.79 Å². The largest absolute Gasteiger partial charge is 0.335 e. The Morgan fingerprint density at radius 3 is 2.81 bits per heavy atom. The van der Waals surface area contributed by atoms with Crippen molar-refractivity contribution in [1.82, 2.24) is 10.2 Å². The number of carbonyl (C=O) groups excluding carboxylic acids is 1. The van der Waals surface area contributed by atoms with Crippen LogP contribution in [0.5, 0.6) is 0 Å². The molecule has 2 fully saturated rings. The Labute approximate surface area is 127 Å². The van der Waals surface area contributed by atoms with Gasteiger partial charge in [0.05, 0.1) is 11.5 Å². The number of rotatable bonds is 3.